The first-order chi connectivity index (χ1) is 6.77. The minimum absolute atomic E-state index is 0.525. The second-order valence-electron chi connectivity index (χ2n) is 3.41. The third-order valence-corrected chi connectivity index (χ3v) is 4.28. The monoisotopic (exact) mass is 229 g/mol. The van der Waals surface area contributed by atoms with Crippen LogP contribution in [-0.2, 0) is 0 Å². The Morgan fingerprint density at radius 3 is 2.86 bits per heavy atom. The summed E-state index contributed by atoms with van der Waals surface area (Å²) < 4.78 is 0. The summed E-state index contributed by atoms with van der Waals surface area (Å²) >= 11 is 3.87. The summed E-state index contributed by atoms with van der Waals surface area (Å²) in [4.78, 5) is 1.40. The van der Waals surface area contributed by atoms with Crippen LogP contribution in [0.5, 0.6) is 0 Å². The molecule has 0 aliphatic heterocycles. The van der Waals surface area contributed by atoms with Crippen molar-refractivity contribution >= 4 is 23.1 Å². The quantitative estimate of drug-likeness (QED) is 0.750. The molecule has 1 atom stereocenters. The number of rotatable bonds is 6. The van der Waals surface area contributed by atoms with Crippen LogP contribution < -0.4 is 5.32 Å². The molecular weight excluding hydrogens is 210 g/mol. The van der Waals surface area contributed by atoms with E-state index in [1.165, 1.54) is 28.4 Å². The predicted molar refractivity (Wildman–Crippen MR) is 68.5 cm³/mol. The molecule has 1 aromatic heterocycles. The standard InChI is InChI=1S/C11H19NS2/c1-4-5-13-8-11(12-3)10-6-9(2)14-7-10/h6-7,11-12H,4-5,8H2,1-3H3. The third kappa shape index (κ3) is 3.64. The lowest BCUT2D eigenvalue weighted by Crippen LogP contribution is -2.18. The number of nitrogens with one attached hydrogen (secondary N) is 1. The molecule has 0 saturated carbocycles. The van der Waals surface area contributed by atoms with Gasteiger partial charge in [0.25, 0.3) is 0 Å². The first kappa shape index (κ1) is 12.1. The first-order valence-electron chi connectivity index (χ1n) is 5.08. The molecule has 0 bridgehead atoms. The molecule has 1 rings (SSSR count). The summed E-state index contributed by atoms with van der Waals surface area (Å²) in [6.45, 7) is 4.40. The zero-order valence-corrected chi connectivity index (χ0v) is 10.8. The van der Waals surface area contributed by atoms with Crippen LogP contribution in [0.15, 0.2) is 11.4 Å². The van der Waals surface area contributed by atoms with Gasteiger partial charge in [-0.25, -0.2) is 0 Å². The highest BCUT2D eigenvalue weighted by atomic mass is 32.2. The predicted octanol–water partition coefficient (Wildman–Crippen LogP) is 3.46. The van der Waals surface area contributed by atoms with E-state index in [-0.39, 0.29) is 0 Å². The lowest BCUT2D eigenvalue weighted by atomic mass is 10.2. The number of hydrogen-bond acceptors (Lipinski definition) is 3. The number of hydrogen-bond donors (Lipinski definition) is 1. The molecule has 1 unspecified atom stereocenters. The van der Waals surface area contributed by atoms with Gasteiger partial charge in [-0.2, -0.15) is 11.8 Å². The molecule has 0 aliphatic carbocycles. The summed E-state index contributed by atoms with van der Waals surface area (Å²) in [6.07, 6.45) is 1.27. The van der Waals surface area contributed by atoms with E-state index in [1.807, 2.05) is 30.1 Å². The van der Waals surface area contributed by atoms with Gasteiger partial charge in [0.05, 0.1) is 0 Å². The maximum absolute atomic E-state index is 3.38. The SMILES string of the molecule is CCCSCC(NC)c1csc(C)c1. The van der Waals surface area contributed by atoms with Crippen LogP contribution >= 0.6 is 23.1 Å². The van der Waals surface area contributed by atoms with Gasteiger partial charge in [0.15, 0.2) is 0 Å². The maximum atomic E-state index is 3.38. The molecular formula is C11H19NS2. The van der Waals surface area contributed by atoms with E-state index in [2.05, 4.69) is 30.6 Å². The molecule has 0 spiro atoms. The Labute approximate surface area is 95.3 Å². The van der Waals surface area contributed by atoms with Crippen LogP contribution in [0.1, 0.15) is 29.8 Å². The minimum Gasteiger partial charge on any atom is -0.312 e. The van der Waals surface area contributed by atoms with Gasteiger partial charge in [0, 0.05) is 16.7 Å². The fourth-order valence-corrected chi connectivity index (χ4v) is 3.15. The Kier molecular flexibility index (Phi) is 5.60. The number of thiophene rings is 1. The molecule has 0 aromatic carbocycles. The van der Waals surface area contributed by atoms with Crippen molar-refractivity contribution < 1.29 is 0 Å². The van der Waals surface area contributed by atoms with Crippen LogP contribution in [0, 0.1) is 6.92 Å². The van der Waals surface area contributed by atoms with E-state index in [0.29, 0.717) is 6.04 Å². The van der Waals surface area contributed by atoms with E-state index in [0.717, 1.165) is 0 Å². The van der Waals surface area contributed by atoms with Crippen LogP contribution in [0.3, 0.4) is 0 Å². The lowest BCUT2D eigenvalue weighted by Gasteiger charge is -2.13. The van der Waals surface area contributed by atoms with Crippen molar-refractivity contribution in [1.29, 1.82) is 0 Å². The molecule has 14 heavy (non-hydrogen) atoms. The normalized spacial score (nSPS) is 13.1. The van der Waals surface area contributed by atoms with Crippen molar-refractivity contribution in [3.63, 3.8) is 0 Å². The van der Waals surface area contributed by atoms with E-state index < -0.39 is 0 Å². The van der Waals surface area contributed by atoms with Crippen LogP contribution in [0.25, 0.3) is 0 Å². The molecule has 0 amide bonds. The van der Waals surface area contributed by atoms with Gasteiger partial charge >= 0.3 is 0 Å². The average molecular weight is 229 g/mol. The van der Waals surface area contributed by atoms with Gasteiger partial charge in [-0.3, -0.25) is 0 Å². The van der Waals surface area contributed by atoms with Gasteiger partial charge in [-0.1, -0.05) is 6.92 Å². The highest BCUT2D eigenvalue weighted by Gasteiger charge is 2.09. The van der Waals surface area contributed by atoms with Crippen molar-refractivity contribution in [3.8, 4) is 0 Å². The second-order valence-corrected chi connectivity index (χ2v) is 5.67. The molecule has 0 saturated heterocycles. The van der Waals surface area contributed by atoms with Crippen molar-refractivity contribution in [1.82, 2.24) is 5.32 Å². The summed E-state index contributed by atoms with van der Waals surface area (Å²) in [5.41, 5.74) is 1.44. The number of aryl methyl sites for hydroxylation is 1. The van der Waals surface area contributed by atoms with Crippen molar-refractivity contribution in [2.75, 3.05) is 18.6 Å². The maximum Gasteiger partial charge on any atom is 0.0417 e. The van der Waals surface area contributed by atoms with Gasteiger partial charge < -0.3 is 5.32 Å². The average Bonchev–Trinajstić information content (AvgIpc) is 2.60. The molecule has 3 heteroatoms. The van der Waals surface area contributed by atoms with Gasteiger partial charge in [-0.15, -0.1) is 11.3 Å². The van der Waals surface area contributed by atoms with Crippen LogP contribution in [-0.4, -0.2) is 18.6 Å². The topological polar surface area (TPSA) is 12.0 Å². The Hall–Kier alpha value is 0.0100. The third-order valence-electron chi connectivity index (χ3n) is 2.13. The van der Waals surface area contributed by atoms with E-state index in [4.69, 9.17) is 0 Å². The van der Waals surface area contributed by atoms with Crippen molar-refractivity contribution in [2.24, 2.45) is 0 Å². The Balaban J connectivity index is 2.45. The minimum atomic E-state index is 0.525. The molecule has 80 valence electrons. The molecule has 1 nitrogen and oxygen atoms in total. The Bertz CT molecular complexity index is 258. The molecule has 0 fully saturated rings. The highest BCUT2D eigenvalue weighted by Crippen LogP contribution is 2.23. The van der Waals surface area contributed by atoms with Gasteiger partial charge in [-0.05, 0) is 43.2 Å². The zero-order valence-electron chi connectivity index (χ0n) is 9.17. The van der Waals surface area contributed by atoms with Crippen molar-refractivity contribution in [2.45, 2.75) is 26.3 Å². The smallest absolute Gasteiger partial charge is 0.0417 e. The summed E-state index contributed by atoms with van der Waals surface area (Å²) in [5.74, 6) is 2.45. The molecule has 1 heterocycles. The van der Waals surface area contributed by atoms with Gasteiger partial charge in [0.1, 0.15) is 0 Å². The molecule has 1 N–H and O–H groups in total. The molecule has 0 radical (unpaired) electrons. The second kappa shape index (κ2) is 6.49. The molecule has 0 aliphatic rings. The van der Waals surface area contributed by atoms with E-state index >= 15 is 0 Å². The lowest BCUT2D eigenvalue weighted by molar-refractivity contribution is 0.664. The fraction of sp³-hybridized carbons (Fsp3) is 0.636. The zero-order chi connectivity index (χ0) is 10.4. The summed E-state index contributed by atoms with van der Waals surface area (Å²) in [5, 5.41) is 5.64. The molecule has 1 aromatic rings. The van der Waals surface area contributed by atoms with Crippen molar-refractivity contribution in [3.05, 3.63) is 21.9 Å². The van der Waals surface area contributed by atoms with E-state index in [1.54, 1.807) is 0 Å². The highest BCUT2D eigenvalue weighted by molar-refractivity contribution is 7.99. The summed E-state index contributed by atoms with van der Waals surface area (Å²) in [7, 11) is 2.05. The Morgan fingerprint density at radius 2 is 2.36 bits per heavy atom. The Morgan fingerprint density at radius 1 is 1.57 bits per heavy atom. The number of thioether (sulfide) groups is 1. The summed E-state index contributed by atoms with van der Waals surface area (Å²) in [6, 6.07) is 2.81. The fourth-order valence-electron chi connectivity index (χ4n) is 1.34. The first-order valence-corrected chi connectivity index (χ1v) is 7.11. The van der Waals surface area contributed by atoms with Crippen LogP contribution in [0.2, 0.25) is 0 Å². The van der Waals surface area contributed by atoms with Crippen LogP contribution in [0.4, 0.5) is 0 Å². The van der Waals surface area contributed by atoms with Gasteiger partial charge in [0.2, 0.25) is 0 Å². The van der Waals surface area contributed by atoms with E-state index in [9.17, 15) is 0 Å². The largest absolute Gasteiger partial charge is 0.312 e.